The van der Waals surface area contributed by atoms with Crippen LogP contribution in [0.15, 0.2) is 15.9 Å². The molecule has 2 rings (SSSR count). The van der Waals surface area contributed by atoms with Crippen LogP contribution in [0.5, 0.6) is 0 Å². The van der Waals surface area contributed by atoms with Crippen LogP contribution in [0.25, 0.3) is 0 Å². The van der Waals surface area contributed by atoms with Gasteiger partial charge in [0.25, 0.3) is 5.91 Å². The first-order valence-electron chi connectivity index (χ1n) is 4.92. The average molecular weight is 369 g/mol. The molecule has 1 aromatic rings. The minimum Gasteiger partial charge on any atom is -0.374 e. The molecule has 0 N–H and O–H groups in total. The van der Waals surface area contributed by atoms with Crippen molar-refractivity contribution in [3.8, 4) is 0 Å². The molecule has 0 bridgehead atoms. The summed E-state index contributed by atoms with van der Waals surface area (Å²) in [5, 5.41) is 2.68. The number of hydrogen-bond donors (Lipinski definition) is 0. The van der Waals surface area contributed by atoms with E-state index in [1.54, 1.807) is 0 Å². The van der Waals surface area contributed by atoms with Gasteiger partial charge in [-0.1, -0.05) is 15.9 Å². The van der Waals surface area contributed by atoms with E-state index in [9.17, 15) is 4.79 Å². The zero-order chi connectivity index (χ0) is 11.5. The second kappa shape index (κ2) is 5.62. The molecular weight excluding hydrogens is 358 g/mol. The molecule has 1 aliphatic heterocycles. The molecule has 16 heavy (non-hydrogen) atoms. The van der Waals surface area contributed by atoms with E-state index in [2.05, 4.69) is 31.9 Å². The third kappa shape index (κ3) is 2.67. The monoisotopic (exact) mass is 367 g/mol. The third-order valence-electron chi connectivity index (χ3n) is 2.41. The molecule has 0 saturated carbocycles. The van der Waals surface area contributed by atoms with E-state index in [0.29, 0.717) is 19.7 Å². The summed E-state index contributed by atoms with van der Waals surface area (Å²) in [5.41, 5.74) is 0. The van der Waals surface area contributed by atoms with Gasteiger partial charge in [0.1, 0.15) is 4.88 Å². The molecule has 1 atom stereocenters. The minimum absolute atomic E-state index is 0.0936. The minimum atomic E-state index is 0.0936. The number of morpholine rings is 1. The number of nitrogens with zero attached hydrogens (tertiary/aromatic N) is 1. The van der Waals surface area contributed by atoms with Crippen molar-refractivity contribution in [1.29, 1.82) is 0 Å². The SMILES string of the molecule is O=C(c1sccc1Br)N1CCOC(CBr)C1. The summed E-state index contributed by atoms with van der Waals surface area (Å²) in [5.74, 6) is 0.0936. The van der Waals surface area contributed by atoms with Crippen LogP contribution in [0, 0.1) is 0 Å². The highest BCUT2D eigenvalue weighted by Crippen LogP contribution is 2.25. The van der Waals surface area contributed by atoms with Gasteiger partial charge in [-0.3, -0.25) is 4.79 Å². The summed E-state index contributed by atoms with van der Waals surface area (Å²) >= 11 is 8.24. The largest absolute Gasteiger partial charge is 0.374 e. The van der Waals surface area contributed by atoms with Gasteiger partial charge in [-0.05, 0) is 27.4 Å². The molecule has 1 saturated heterocycles. The summed E-state index contributed by atoms with van der Waals surface area (Å²) in [6.07, 6.45) is 0.108. The normalized spacial score (nSPS) is 21.1. The Kier molecular flexibility index (Phi) is 4.41. The number of hydrogen-bond acceptors (Lipinski definition) is 3. The van der Waals surface area contributed by atoms with E-state index in [1.165, 1.54) is 11.3 Å². The number of rotatable bonds is 2. The quantitative estimate of drug-likeness (QED) is 0.751. The molecule has 0 aliphatic carbocycles. The standard InChI is InChI=1S/C10H11Br2NO2S/c11-5-7-6-13(2-3-15-7)10(14)9-8(12)1-4-16-9/h1,4,7H,2-3,5-6H2. The summed E-state index contributed by atoms with van der Waals surface area (Å²) in [4.78, 5) is 14.8. The van der Waals surface area contributed by atoms with E-state index < -0.39 is 0 Å². The fourth-order valence-electron chi connectivity index (χ4n) is 1.59. The molecule has 0 spiro atoms. The third-order valence-corrected chi connectivity index (χ3v) is 4.96. The van der Waals surface area contributed by atoms with Crippen molar-refractivity contribution in [2.75, 3.05) is 25.0 Å². The van der Waals surface area contributed by atoms with E-state index in [1.807, 2.05) is 16.3 Å². The molecule has 6 heteroatoms. The van der Waals surface area contributed by atoms with Gasteiger partial charge < -0.3 is 9.64 Å². The van der Waals surface area contributed by atoms with Crippen molar-refractivity contribution in [2.45, 2.75) is 6.10 Å². The summed E-state index contributed by atoms with van der Waals surface area (Å²) in [7, 11) is 0. The zero-order valence-electron chi connectivity index (χ0n) is 8.49. The molecular formula is C10H11Br2NO2S. The second-order valence-corrected chi connectivity index (χ2v) is 5.91. The Labute approximate surface area is 115 Å². The Morgan fingerprint density at radius 1 is 1.69 bits per heavy atom. The molecule has 0 radical (unpaired) electrons. The van der Waals surface area contributed by atoms with Crippen molar-refractivity contribution in [1.82, 2.24) is 4.90 Å². The number of amides is 1. The lowest BCUT2D eigenvalue weighted by Gasteiger charge is -2.31. The van der Waals surface area contributed by atoms with Crippen LogP contribution in [0.3, 0.4) is 0 Å². The van der Waals surface area contributed by atoms with E-state index >= 15 is 0 Å². The number of thiophene rings is 1. The van der Waals surface area contributed by atoms with Crippen molar-refractivity contribution in [3.05, 3.63) is 20.8 Å². The predicted octanol–water partition coefficient (Wildman–Crippen LogP) is 2.75. The fraction of sp³-hybridized carbons (Fsp3) is 0.500. The lowest BCUT2D eigenvalue weighted by molar-refractivity contribution is -0.00949. The van der Waals surface area contributed by atoms with Gasteiger partial charge in [0.2, 0.25) is 0 Å². The van der Waals surface area contributed by atoms with Crippen LogP contribution in [0.1, 0.15) is 9.67 Å². The highest BCUT2D eigenvalue weighted by Gasteiger charge is 2.25. The van der Waals surface area contributed by atoms with E-state index in [0.717, 1.165) is 14.7 Å². The van der Waals surface area contributed by atoms with Crippen LogP contribution < -0.4 is 0 Å². The number of halogens is 2. The zero-order valence-corrected chi connectivity index (χ0v) is 12.5. The Balaban J connectivity index is 2.07. The first-order chi connectivity index (χ1) is 7.72. The van der Waals surface area contributed by atoms with E-state index in [-0.39, 0.29) is 12.0 Å². The van der Waals surface area contributed by atoms with Crippen LogP contribution in [0.4, 0.5) is 0 Å². The molecule has 3 nitrogen and oxygen atoms in total. The Morgan fingerprint density at radius 2 is 2.50 bits per heavy atom. The molecule has 88 valence electrons. The average Bonchev–Trinajstić information content (AvgIpc) is 2.74. The number of carbonyl (C=O) groups excluding carboxylic acids is 1. The van der Waals surface area contributed by atoms with Crippen LogP contribution in [-0.2, 0) is 4.74 Å². The molecule has 1 fully saturated rings. The fourth-order valence-corrected chi connectivity index (χ4v) is 3.49. The van der Waals surface area contributed by atoms with Gasteiger partial charge in [0.15, 0.2) is 0 Å². The van der Waals surface area contributed by atoms with Crippen molar-refractivity contribution < 1.29 is 9.53 Å². The number of carbonyl (C=O) groups is 1. The van der Waals surface area contributed by atoms with Crippen LogP contribution >= 0.6 is 43.2 Å². The van der Waals surface area contributed by atoms with Gasteiger partial charge in [-0.2, -0.15) is 0 Å². The summed E-state index contributed by atoms with van der Waals surface area (Å²) in [6.45, 7) is 1.95. The molecule has 1 aromatic heterocycles. The molecule has 1 amide bonds. The van der Waals surface area contributed by atoms with Gasteiger partial charge in [0.05, 0.1) is 12.7 Å². The first-order valence-corrected chi connectivity index (χ1v) is 7.71. The Bertz CT molecular complexity index is 383. The topological polar surface area (TPSA) is 29.5 Å². The maximum absolute atomic E-state index is 12.2. The maximum atomic E-state index is 12.2. The van der Waals surface area contributed by atoms with Crippen LogP contribution in [0.2, 0.25) is 0 Å². The number of alkyl halides is 1. The smallest absolute Gasteiger partial charge is 0.265 e. The lowest BCUT2D eigenvalue weighted by atomic mass is 10.3. The maximum Gasteiger partial charge on any atom is 0.265 e. The van der Waals surface area contributed by atoms with Gasteiger partial charge >= 0.3 is 0 Å². The lowest BCUT2D eigenvalue weighted by Crippen LogP contribution is -2.46. The van der Waals surface area contributed by atoms with Crippen LogP contribution in [-0.4, -0.2) is 41.9 Å². The molecule has 2 heterocycles. The Morgan fingerprint density at radius 3 is 3.12 bits per heavy atom. The molecule has 0 aromatic carbocycles. The molecule has 1 unspecified atom stereocenters. The predicted molar refractivity (Wildman–Crippen MR) is 71.5 cm³/mol. The second-order valence-electron chi connectivity index (χ2n) is 3.50. The summed E-state index contributed by atoms with van der Waals surface area (Å²) in [6, 6.07) is 1.90. The Hall–Kier alpha value is 0.0900. The molecule has 1 aliphatic rings. The van der Waals surface area contributed by atoms with Crippen molar-refractivity contribution in [2.24, 2.45) is 0 Å². The highest BCUT2D eigenvalue weighted by molar-refractivity contribution is 9.10. The number of ether oxygens (including phenoxy) is 1. The van der Waals surface area contributed by atoms with Gasteiger partial charge in [0, 0.05) is 22.9 Å². The van der Waals surface area contributed by atoms with E-state index in [4.69, 9.17) is 4.74 Å². The first kappa shape index (κ1) is 12.5. The summed E-state index contributed by atoms with van der Waals surface area (Å²) < 4.78 is 6.39. The van der Waals surface area contributed by atoms with Gasteiger partial charge in [-0.25, -0.2) is 0 Å². The van der Waals surface area contributed by atoms with Crippen molar-refractivity contribution in [3.63, 3.8) is 0 Å². The highest BCUT2D eigenvalue weighted by atomic mass is 79.9. The van der Waals surface area contributed by atoms with Crippen molar-refractivity contribution >= 4 is 49.1 Å². The van der Waals surface area contributed by atoms with Gasteiger partial charge in [-0.15, -0.1) is 11.3 Å².